The van der Waals surface area contributed by atoms with Gasteiger partial charge in [-0.3, -0.25) is 9.69 Å². The summed E-state index contributed by atoms with van der Waals surface area (Å²) >= 11 is 0. The first-order valence-corrected chi connectivity index (χ1v) is 9.88. The van der Waals surface area contributed by atoms with Crippen LogP contribution in [0.2, 0.25) is 0 Å². The summed E-state index contributed by atoms with van der Waals surface area (Å²) < 4.78 is 0. The van der Waals surface area contributed by atoms with Gasteiger partial charge in [-0.25, -0.2) is 0 Å². The number of nitrogens with zero attached hydrogens (tertiary/aromatic N) is 2. The monoisotopic (exact) mass is 356 g/mol. The fourth-order valence-corrected chi connectivity index (χ4v) is 4.27. The van der Waals surface area contributed by atoms with Gasteiger partial charge in [0.05, 0.1) is 6.04 Å². The zero-order chi connectivity index (χ0) is 18.2. The van der Waals surface area contributed by atoms with E-state index >= 15 is 0 Å². The number of hydrogen-bond acceptors (Lipinski definition) is 2. The molecule has 3 nitrogen and oxygen atoms in total. The summed E-state index contributed by atoms with van der Waals surface area (Å²) in [5.41, 5.74) is 2.02. The molecular formula is C24H24N2O. The lowest BCUT2D eigenvalue weighted by atomic mass is 10.00. The van der Waals surface area contributed by atoms with E-state index in [1.807, 2.05) is 30.3 Å². The van der Waals surface area contributed by atoms with Gasteiger partial charge in [-0.2, -0.15) is 0 Å². The van der Waals surface area contributed by atoms with Crippen molar-refractivity contribution in [1.29, 1.82) is 0 Å². The Morgan fingerprint density at radius 2 is 1.56 bits per heavy atom. The van der Waals surface area contributed by atoms with Crippen molar-refractivity contribution in [3.05, 3.63) is 83.9 Å². The van der Waals surface area contributed by atoms with Gasteiger partial charge in [0.1, 0.15) is 0 Å². The predicted molar refractivity (Wildman–Crippen MR) is 109 cm³/mol. The molecule has 0 aromatic heterocycles. The number of carbonyl (C=O) groups is 1. The molecule has 1 saturated carbocycles. The van der Waals surface area contributed by atoms with E-state index < -0.39 is 0 Å². The second-order valence-corrected chi connectivity index (χ2v) is 7.71. The van der Waals surface area contributed by atoms with Gasteiger partial charge in [-0.05, 0) is 41.3 Å². The standard InChI is InChI=1S/C24H24N2O/c27-24(21-11-10-18-6-4-5-9-20(18)16-21)26-15-14-25(22-12-13-22)17-23(26)19-7-2-1-3-8-19/h1-11,16,22-23H,12-15,17H2. The van der Waals surface area contributed by atoms with Crippen molar-refractivity contribution in [2.45, 2.75) is 24.9 Å². The Morgan fingerprint density at radius 3 is 2.33 bits per heavy atom. The Hall–Kier alpha value is -2.65. The molecule has 1 heterocycles. The maximum atomic E-state index is 13.4. The number of hydrogen-bond donors (Lipinski definition) is 0. The van der Waals surface area contributed by atoms with Gasteiger partial charge < -0.3 is 4.90 Å². The summed E-state index contributed by atoms with van der Waals surface area (Å²) in [5.74, 6) is 0.144. The molecule has 3 aromatic rings. The van der Waals surface area contributed by atoms with E-state index in [0.29, 0.717) is 0 Å². The van der Waals surface area contributed by atoms with Crippen molar-refractivity contribution < 1.29 is 4.79 Å². The minimum absolute atomic E-state index is 0.125. The summed E-state index contributed by atoms with van der Waals surface area (Å²) in [6, 6.07) is 25.6. The largest absolute Gasteiger partial charge is 0.329 e. The third-order valence-electron chi connectivity index (χ3n) is 5.92. The highest BCUT2D eigenvalue weighted by atomic mass is 16.2. The van der Waals surface area contributed by atoms with Crippen LogP contribution in [0.25, 0.3) is 10.8 Å². The first-order valence-electron chi connectivity index (χ1n) is 9.88. The summed E-state index contributed by atoms with van der Waals surface area (Å²) in [5, 5.41) is 2.29. The average Bonchev–Trinajstić information content (AvgIpc) is 3.58. The van der Waals surface area contributed by atoms with E-state index in [0.717, 1.165) is 36.6 Å². The molecule has 1 atom stereocenters. The molecule has 0 spiro atoms. The van der Waals surface area contributed by atoms with E-state index in [4.69, 9.17) is 0 Å². The van der Waals surface area contributed by atoms with Gasteiger partial charge in [0.25, 0.3) is 5.91 Å². The molecule has 1 aliphatic heterocycles. The third kappa shape index (κ3) is 3.24. The highest BCUT2D eigenvalue weighted by Crippen LogP contribution is 2.34. The zero-order valence-corrected chi connectivity index (χ0v) is 15.4. The van der Waals surface area contributed by atoms with Gasteiger partial charge >= 0.3 is 0 Å². The zero-order valence-electron chi connectivity index (χ0n) is 15.4. The molecule has 1 aliphatic carbocycles. The molecule has 0 radical (unpaired) electrons. The van der Waals surface area contributed by atoms with Crippen LogP contribution >= 0.6 is 0 Å². The van der Waals surface area contributed by atoms with Gasteiger partial charge in [0, 0.05) is 31.2 Å². The molecule has 1 saturated heterocycles. The maximum absolute atomic E-state index is 13.4. The summed E-state index contributed by atoms with van der Waals surface area (Å²) in [4.78, 5) is 18.1. The van der Waals surface area contributed by atoms with E-state index in [2.05, 4.69) is 52.3 Å². The molecule has 27 heavy (non-hydrogen) atoms. The molecule has 2 aliphatic rings. The van der Waals surface area contributed by atoms with Crippen LogP contribution in [0, 0.1) is 0 Å². The molecular weight excluding hydrogens is 332 g/mol. The molecule has 136 valence electrons. The number of amides is 1. The summed E-state index contributed by atoms with van der Waals surface area (Å²) in [7, 11) is 0. The Kier molecular flexibility index (Phi) is 4.17. The van der Waals surface area contributed by atoms with Crippen LogP contribution < -0.4 is 0 Å². The highest BCUT2D eigenvalue weighted by Gasteiger charge is 2.38. The average molecular weight is 356 g/mol. The van der Waals surface area contributed by atoms with Crippen LogP contribution in [0.5, 0.6) is 0 Å². The first kappa shape index (κ1) is 16.5. The summed E-state index contributed by atoms with van der Waals surface area (Å²) in [6.07, 6.45) is 2.61. The normalized spacial score (nSPS) is 20.7. The van der Waals surface area contributed by atoms with E-state index in [1.165, 1.54) is 23.8 Å². The fraction of sp³-hybridized carbons (Fsp3) is 0.292. The SMILES string of the molecule is O=C(c1ccc2ccccc2c1)N1CCN(C2CC2)CC1c1ccccc1. The molecule has 3 aromatic carbocycles. The van der Waals surface area contributed by atoms with Gasteiger partial charge in [-0.1, -0.05) is 60.7 Å². The number of piperazine rings is 1. The van der Waals surface area contributed by atoms with Crippen molar-refractivity contribution in [2.24, 2.45) is 0 Å². The van der Waals surface area contributed by atoms with Crippen LogP contribution in [0.15, 0.2) is 72.8 Å². The van der Waals surface area contributed by atoms with Crippen molar-refractivity contribution in [3.63, 3.8) is 0 Å². The second kappa shape index (κ2) is 6.82. The quantitative estimate of drug-likeness (QED) is 0.690. The minimum Gasteiger partial charge on any atom is -0.329 e. The maximum Gasteiger partial charge on any atom is 0.254 e. The van der Waals surface area contributed by atoms with E-state index in [-0.39, 0.29) is 11.9 Å². The topological polar surface area (TPSA) is 23.6 Å². The lowest BCUT2D eigenvalue weighted by Gasteiger charge is -2.42. The predicted octanol–water partition coefficient (Wildman–Crippen LogP) is 4.50. The lowest BCUT2D eigenvalue weighted by molar-refractivity contribution is 0.0433. The Balaban J connectivity index is 1.47. The highest BCUT2D eigenvalue weighted by molar-refractivity contribution is 5.98. The van der Waals surface area contributed by atoms with E-state index in [1.54, 1.807) is 0 Å². The Labute approximate surface area is 160 Å². The summed E-state index contributed by atoms with van der Waals surface area (Å²) in [6.45, 7) is 2.71. The van der Waals surface area contributed by atoms with Crippen LogP contribution in [0.1, 0.15) is 34.8 Å². The lowest BCUT2D eigenvalue weighted by Crippen LogP contribution is -2.51. The van der Waals surface area contributed by atoms with Crippen LogP contribution in [-0.4, -0.2) is 41.4 Å². The van der Waals surface area contributed by atoms with Crippen LogP contribution in [0.4, 0.5) is 0 Å². The molecule has 1 unspecified atom stereocenters. The van der Waals surface area contributed by atoms with Crippen LogP contribution in [0.3, 0.4) is 0 Å². The minimum atomic E-state index is 0.125. The first-order chi connectivity index (χ1) is 13.3. The van der Waals surface area contributed by atoms with Gasteiger partial charge in [0.15, 0.2) is 0 Å². The van der Waals surface area contributed by atoms with Gasteiger partial charge in [-0.15, -0.1) is 0 Å². The number of carbonyl (C=O) groups excluding carboxylic acids is 1. The second-order valence-electron chi connectivity index (χ2n) is 7.71. The Bertz CT molecular complexity index is 964. The fourth-order valence-electron chi connectivity index (χ4n) is 4.27. The van der Waals surface area contributed by atoms with Crippen molar-refractivity contribution >= 4 is 16.7 Å². The van der Waals surface area contributed by atoms with E-state index in [9.17, 15) is 4.79 Å². The number of fused-ring (bicyclic) bond motifs is 1. The number of rotatable bonds is 3. The molecule has 0 N–H and O–H groups in total. The van der Waals surface area contributed by atoms with Crippen LogP contribution in [-0.2, 0) is 0 Å². The molecule has 5 rings (SSSR count). The van der Waals surface area contributed by atoms with Crippen molar-refractivity contribution in [2.75, 3.05) is 19.6 Å². The third-order valence-corrected chi connectivity index (χ3v) is 5.92. The Morgan fingerprint density at radius 1 is 0.815 bits per heavy atom. The van der Waals surface area contributed by atoms with Crippen molar-refractivity contribution in [1.82, 2.24) is 9.80 Å². The number of benzene rings is 3. The molecule has 1 amide bonds. The van der Waals surface area contributed by atoms with Crippen molar-refractivity contribution in [3.8, 4) is 0 Å². The molecule has 2 fully saturated rings. The molecule has 3 heteroatoms. The molecule has 0 bridgehead atoms. The smallest absolute Gasteiger partial charge is 0.254 e. The van der Waals surface area contributed by atoms with Gasteiger partial charge in [0.2, 0.25) is 0 Å².